The van der Waals surface area contributed by atoms with Gasteiger partial charge in [0.15, 0.2) is 11.7 Å². The smallest absolute Gasteiger partial charge is 0.320 e. The van der Waals surface area contributed by atoms with Gasteiger partial charge in [-0.05, 0) is 32.4 Å². The molecule has 0 aromatic heterocycles. The van der Waals surface area contributed by atoms with Crippen LogP contribution in [-0.4, -0.2) is 30.2 Å². The van der Waals surface area contributed by atoms with E-state index in [1.807, 2.05) is 0 Å². The lowest BCUT2D eigenvalue weighted by Gasteiger charge is -2.39. The van der Waals surface area contributed by atoms with Crippen LogP contribution < -0.4 is 5.32 Å². The second-order valence-electron chi connectivity index (χ2n) is 5.95. The van der Waals surface area contributed by atoms with E-state index in [9.17, 15) is 14.4 Å². The number of rotatable bonds is 3. The molecule has 2 aliphatic rings. The van der Waals surface area contributed by atoms with Gasteiger partial charge >= 0.3 is 5.97 Å². The molecule has 2 heterocycles. The fourth-order valence-electron chi connectivity index (χ4n) is 3.74. The summed E-state index contributed by atoms with van der Waals surface area (Å²) in [6, 6.07) is 6.83. The molecule has 0 saturated heterocycles. The Morgan fingerprint density at radius 1 is 1.36 bits per heavy atom. The summed E-state index contributed by atoms with van der Waals surface area (Å²) in [6.07, 6.45) is 0. The summed E-state index contributed by atoms with van der Waals surface area (Å²) < 4.78 is 10.4. The van der Waals surface area contributed by atoms with Crippen molar-refractivity contribution in [2.75, 3.05) is 11.9 Å². The zero-order valence-electron chi connectivity index (χ0n) is 14.1. The SMILES string of the molecule is CCOC(=O)C1C(=N)OC(C)=C(C(C)=O)C12C(=O)Nc1ccccc12. The number of carbonyl (C=O) groups excluding carboxylic acids is 3. The monoisotopic (exact) mass is 342 g/mol. The Balaban J connectivity index is 2.38. The molecule has 0 radical (unpaired) electrons. The van der Waals surface area contributed by atoms with Crippen molar-refractivity contribution in [3.05, 3.63) is 41.2 Å². The maximum Gasteiger partial charge on any atom is 0.320 e. The number of allylic oxidation sites excluding steroid dienone is 1. The van der Waals surface area contributed by atoms with Crippen molar-refractivity contribution >= 4 is 29.2 Å². The zero-order valence-corrected chi connectivity index (χ0v) is 14.1. The van der Waals surface area contributed by atoms with Gasteiger partial charge in [0.1, 0.15) is 11.2 Å². The van der Waals surface area contributed by atoms with Crippen LogP contribution in [0.25, 0.3) is 0 Å². The number of Topliss-reactive ketones (excluding diaryl/α,β-unsaturated/α-hetero) is 1. The number of benzene rings is 1. The molecule has 2 N–H and O–H groups in total. The molecule has 0 aliphatic carbocycles. The highest BCUT2D eigenvalue weighted by Gasteiger charge is 2.64. The second kappa shape index (κ2) is 5.84. The van der Waals surface area contributed by atoms with Gasteiger partial charge in [-0.1, -0.05) is 18.2 Å². The van der Waals surface area contributed by atoms with Crippen molar-refractivity contribution in [3.8, 4) is 0 Å². The van der Waals surface area contributed by atoms with Gasteiger partial charge in [0, 0.05) is 5.69 Å². The van der Waals surface area contributed by atoms with Gasteiger partial charge in [0.2, 0.25) is 11.8 Å². The Morgan fingerprint density at radius 3 is 2.68 bits per heavy atom. The lowest BCUT2D eigenvalue weighted by Crippen LogP contribution is -2.55. The van der Waals surface area contributed by atoms with E-state index < -0.39 is 34.9 Å². The van der Waals surface area contributed by atoms with E-state index in [2.05, 4.69) is 5.32 Å². The van der Waals surface area contributed by atoms with E-state index in [1.54, 1.807) is 31.2 Å². The van der Waals surface area contributed by atoms with Crippen molar-refractivity contribution < 1.29 is 23.9 Å². The van der Waals surface area contributed by atoms with Gasteiger partial charge in [-0.2, -0.15) is 0 Å². The van der Waals surface area contributed by atoms with E-state index in [0.29, 0.717) is 11.3 Å². The minimum Gasteiger partial charge on any atom is -0.465 e. The van der Waals surface area contributed by atoms with Crippen molar-refractivity contribution in [2.45, 2.75) is 26.2 Å². The molecule has 3 rings (SSSR count). The fraction of sp³-hybridized carbons (Fsp3) is 0.333. The van der Waals surface area contributed by atoms with Gasteiger partial charge in [-0.3, -0.25) is 19.8 Å². The molecule has 25 heavy (non-hydrogen) atoms. The molecule has 1 aromatic carbocycles. The van der Waals surface area contributed by atoms with Crippen LogP contribution in [0.5, 0.6) is 0 Å². The first-order valence-corrected chi connectivity index (χ1v) is 7.91. The maximum atomic E-state index is 13.1. The Bertz CT molecular complexity index is 842. The first-order chi connectivity index (χ1) is 11.9. The van der Waals surface area contributed by atoms with Crippen LogP contribution in [0.1, 0.15) is 26.3 Å². The number of hydrogen-bond donors (Lipinski definition) is 2. The molecular weight excluding hydrogens is 324 g/mol. The van der Waals surface area contributed by atoms with E-state index in [4.69, 9.17) is 14.9 Å². The summed E-state index contributed by atoms with van der Waals surface area (Å²) in [6.45, 7) is 4.55. The summed E-state index contributed by atoms with van der Waals surface area (Å²) >= 11 is 0. The Kier molecular flexibility index (Phi) is 3.94. The first kappa shape index (κ1) is 16.9. The number of ether oxygens (including phenoxy) is 2. The number of para-hydroxylation sites is 1. The summed E-state index contributed by atoms with van der Waals surface area (Å²) in [7, 11) is 0. The van der Waals surface area contributed by atoms with Gasteiger partial charge in [0.25, 0.3) is 0 Å². The van der Waals surface area contributed by atoms with Crippen molar-refractivity contribution in [1.29, 1.82) is 5.41 Å². The number of esters is 1. The first-order valence-electron chi connectivity index (χ1n) is 7.91. The Labute approximate surface area is 144 Å². The van der Waals surface area contributed by atoms with Crippen molar-refractivity contribution in [2.24, 2.45) is 5.92 Å². The minimum absolute atomic E-state index is 0.0732. The molecule has 7 heteroatoms. The van der Waals surface area contributed by atoms with E-state index in [-0.39, 0.29) is 17.9 Å². The van der Waals surface area contributed by atoms with Gasteiger partial charge in [0.05, 0.1) is 12.2 Å². The third-order valence-electron chi connectivity index (χ3n) is 4.54. The topological polar surface area (TPSA) is 106 Å². The van der Waals surface area contributed by atoms with Crippen LogP contribution in [0.15, 0.2) is 35.6 Å². The molecule has 7 nitrogen and oxygen atoms in total. The van der Waals surface area contributed by atoms with Crippen LogP contribution in [0.2, 0.25) is 0 Å². The number of ketones is 1. The highest BCUT2D eigenvalue weighted by Crippen LogP contribution is 2.52. The largest absolute Gasteiger partial charge is 0.465 e. The summed E-state index contributed by atoms with van der Waals surface area (Å²) in [5.74, 6) is -3.34. The quantitative estimate of drug-likeness (QED) is 0.817. The van der Waals surface area contributed by atoms with Crippen LogP contribution in [0, 0.1) is 11.3 Å². The lowest BCUT2D eigenvalue weighted by molar-refractivity contribution is -0.150. The second-order valence-corrected chi connectivity index (χ2v) is 5.95. The van der Waals surface area contributed by atoms with E-state index >= 15 is 0 Å². The zero-order chi connectivity index (χ0) is 18.4. The number of fused-ring (bicyclic) bond motifs is 2. The Hall–Kier alpha value is -2.96. The molecule has 1 spiro atoms. The van der Waals surface area contributed by atoms with E-state index in [0.717, 1.165) is 0 Å². The number of anilines is 1. The Morgan fingerprint density at radius 2 is 2.04 bits per heavy atom. The molecule has 1 aromatic rings. The van der Waals surface area contributed by atoms with Crippen LogP contribution >= 0.6 is 0 Å². The standard InChI is InChI=1S/C18H18N2O5/c1-4-24-16(22)14-15(19)25-10(3)13(9(2)21)18(14)11-7-5-6-8-12(11)20-17(18)23/h5-8,14,19H,4H2,1-3H3,(H,20,23). The minimum atomic E-state index is -1.66. The van der Waals surface area contributed by atoms with E-state index in [1.165, 1.54) is 13.8 Å². The molecule has 130 valence electrons. The third-order valence-corrected chi connectivity index (χ3v) is 4.54. The molecule has 0 bridgehead atoms. The highest BCUT2D eigenvalue weighted by molar-refractivity contribution is 6.21. The maximum absolute atomic E-state index is 13.1. The number of nitrogens with one attached hydrogen (secondary N) is 2. The molecule has 2 atom stereocenters. The fourth-order valence-corrected chi connectivity index (χ4v) is 3.74. The molecule has 2 unspecified atom stereocenters. The van der Waals surface area contributed by atoms with Crippen LogP contribution in [0.3, 0.4) is 0 Å². The van der Waals surface area contributed by atoms with Gasteiger partial charge in [-0.15, -0.1) is 0 Å². The molecule has 0 saturated carbocycles. The van der Waals surface area contributed by atoms with Crippen LogP contribution in [-0.2, 0) is 29.3 Å². The molecule has 1 amide bonds. The summed E-state index contributed by atoms with van der Waals surface area (Å²) in [5.41, 5.74) is -0.614. The molecular formula is C18H18N2O5. The predicted octanol–water partition coefficient (Wildman–Crippen LogP) is 1.93. The average molecular weight is 342 g/mol. The van der Waals surface area contributed by atoms with Crippen LogP contribution in [0.4, 0.5) is 5.69 Å². The number of hydrogen-bond acceptors (Lipinski definition) is 6. The normalized spacial score (nSPS) is 24.7. The molecule has 2 aliphatic heterocycles. The van der Waals surface area contributed by atoms with Gasteiger partial charge < -0.3 is 14.8 Å². The summed E-state index contributed by atoms with van der Waals surface area (Å²) in [5, 5.41) is 10.9. The number of amides is 1. The average Bonchev–Trinajstić information content (AvgIpc) is 2.80. The lowest BCUT2D eigenvalue weighted by atomic mass is 9.63. The highest BCUT2D eigenvalue weighted by atomic mass is 16.5. The van der Waals surface area contributed by atoms with Crippen molar-refractivity contribution in [3.63, 3.8) is 0 Å². The number of carbonyl (C=O) groups is 3. The van der Waals surface area contributed by atoms with Gasteiger partial charge in [-0.25, -0.2) is 0 Å². The molecule has 0 fully saturated rings. The third kappa shape index (κ3) is 2.19. The predicted molar refractivity (Wildman–Crippen MR) is 89.1 cm³/mol. The summed E-state index contributed by atoms with van der Waals surface area (Å²) in [4.78, 5) is 38.1. The van der Waals surface area contributed by atoms with Crippen molar-refractivity contribution in [1.82, 2.24) is 0 Å².